The number of hydrogen-bond acceptors (Lipinski definition) is 7. The van der Waals surface area contributed by atoms with E-state index in [1.54, 1.807) is 25.3 Å². The van der Waals surface area contributed by atoms with Gasteiger partial charge in [-0.1, -0.05) is 11.6 Å². The van der Waals surface area contributed by atoms with Crippen molar-refractivity contribution in [3.05, 3.63) is 50.8 Å². The van der Waals surface area contributed by atoms with Crippen LogP contribution in [0.2, 0.25) is 5.02 Å². The monoisotopic (exact) mass is 462 g/mol. The smallest absolute Gasteiger partial charge is 0.262 e. The molecule has 0 saturated carbocycles. The largest absolute Gasteiger partial charge is 0.497 e. The number of benzene rings is 1. The van der Waals surface area contributed by atoms with Gasteiger partial charge in [0.1, 0.15) is 22.9 Å². The van der Waals surface area contributed by atoms with Crippen LogP contribution in [-0.2, 0) is 0 Å². The Hall–Kier alpha value is -3.04. The molecule has 1 aromatic carbocycles. The number of hydrogen-bond donors (Lipinski definition) is 3. The molecule has 0 atom stereocenters. The van der Waals surface area contributed by atoms with Gasteiger partial charge in [0.25, 0.3) is 11.5 Å². The number of aromatic amines is 1. The van der Waals surface area contributed by atoms with Crippen molar-refractivity contribution in [2.24, 2.45) is 5.92 Å². The maximum absolute atomic E-state index is 12.8. The van der Waals surface area contributed by atoms with Crippen LogP contribution in [-0.4, -0.2) is 62.0 Å². The molecule has 0 spiro atoms. The highest BCUT2D eigenvalue weighted by atomic mass is 35.5. The second-order valence-electron chi connectivity index (χ2n) is 7.69. The minimum Gasteiger partial charge on any atom is -0.497 e. The molecule has 2 heterocycles. The van der Waals surface area contributed by atoms with Crippen molar-refractivity contribution in [3.63, 3.8) is 0 Å². The summed E-state index contributed by atoms with van der Waals surface area (Å²) in [4.78, 5) is 41.5. The maximum atomic E-state index is 12.8. The predicted octanol–water partition coefficient (Wildman–Crippen LogP) is 1.95. The molecule has 9 nitrogen and oxygen atoms in total. The number of nitrogen functional groups attached to an aromatic ring is 1. The van der Waals surface area contributed by atoms with E-state index in [0.29, 0.717) is 30.2 Å². The molecule has 1 aliphatic heterocycles. The van der Waals surface area contributed by atoms with Crippen LogP contribution in [0.25, 0.3) is 0 Å². The van der Waals surface area contributed by atoms with Crippen molar-refractivity contribution in [3.8, 4) is 11.5 Å². The normalized spacial score (nSPS) is 14.7. The molecule has 2 aromatic rings. The molecule has 0 unspecified atom stereocenters. The standard InChI is InChI=1S/C22H27ClN4O5/c1-31-14-3-4-15(19(9-14)32-2)18(28)12-27-7-5-13(6-8-27)11-25-21(29)16-10-17(23)20(24)26-22(16)30/h3-4,9-10,13H,5-8,11-12H2,1-2H3,(H,25,29)(H3,24,26,30). The highest BCUT2D eigenvalue weighted by molar-refractivity contribution is 6.33. The molecular weight excluding hydrogens is 436 g/mol. The van der Waals surface area contributed by atoms with Gasteiger partial charge in [-0.05, 0) is 50.0 Å². The van der Waals surface area contributed by atoms with Crippen LogP contribution >= 0.6 is 11.6 Å². The molecule has 1 amide bonds. The lowest BCUT2D eigenvalue weighted by Crippen LogP contribution is -2.41. The number of ketones is 1. The molecule has 0 radical (unpaired) electrons. The van der Waals surface area contributed by atoms with Crippen LogP contribution in [0.3, 0.4) is 0 Å². The Kier molecular flexibility index (Phi) is 7.76. The fraction of sp³-hybridized carbons (Fsp3) is 0.409. The summed E-state index contributed by atoms with van der Waals surface area (Å²) in [6.45, 7) is 2.20. The quantitative estimate of drug-likeness (QED) is 0.511. The first kappa shape index (κ1) is 23.6. The van der Waals surface area contributed by atoms with Crippen molar-refractivity contribution in [1.82, 2.24) is 15.2 Å². The van der Waals surface area contributed by atoms with Crippen LogP contribution in [0.4, 0.5) is 5.82 Å². The third-order valence-corrected chi connectivity index (χ3v) is 5.91. The van der Waals surface area contributed by atoms with E-state index in [-0.39, 0.29) is 28.1 Å². The van der Waals surface area contributed by atoms with Crippen LogP contribution in [0.15, 0.2) is 29.1 Å². The lowest BCUT2D eigenvalue weighted by molar-refractivity contribution is 0.0884. The summed E-state index contributed by atoms with van der Waals surface area (Å²) < 4.78 is 10.5. The summed E-state index contributed by atoms with van der Waals surface area (Å²) >= 11 is 5.89. The second-order valence-corrected chi connectivity index (χ2v) is 8.10. The Balaban J connectivity index is 1.49. The van der Waals surface area contributed by atoms with Gasteiger partial charge in [0.15, 0.2) is 5.78 Å². The number of aromatic nitrogens is 1. The van der Waals surface area contributed by atoms with Gasteiger partial charge < -0.3 is 25.5 Å². The van der Waals surface area contributed by atoms with Gasteiger partial charge in [-0.2, -0.15) is 0 Å². The molecule has 1 aromatic heterocycles. The molecule has 0 aliphatic carbocycles. The third-order valence-electron chi connectivity index (χ3n) is 5.60. The van der Waals surface area contributed by atoms with Crippen LogP contribution in [0.1, 0.15) is 33.6 Å². The van der Waals surface area contributed by atoms with Gasteiger partial charge in [0.05, 0.1) is 31.4 Å². The Morgan fingerprint density at radius 3 is 2.56 bits per heavy atom. The number of amides is 1. The fourth-order valence-electron chi connectivity index (χ4n) is 3.69. The van der Waals surface area contributed by atoms with E-state index >= 15 is 0 Å². The summed E-state index contributed by atoms with van der Waals surface area (Å²) in [7, 11) is 3.09. The summed E-state index contributed by atoms with van der Waals surface area (Å²) in [5.41, 5.74) is 5.41. The number of carbonyl (C=O) groups is 2. The number of rotatable bonds is 8. The number of H-pyrrole nitrogens is 1. The molecule has 10 heteroatoms. The van der Waals surface area contributed by atoms with E-state index in [1.807, 2.05) is 0 Å². The number of methoxy groups -OCH3 is 2. The van der Waals surface area contributed by atoms with Crippen LogP contribution < -0.4 is 26.1 Å². The van der Waals surface area contributed by atoms with E-state index in [9.17, 15) is 14.4 Å². The number of anilines is 1. The summed E-state index contributed by atoms with van der Waals surface area (Å²) in [6, 6.07) is 6.42. The highest BCUT2D eigenvalue weighted by Gasteiger charge is 2.23. The van der Waals surface area contributed by atoms with Crippen molar-refractivity contribution in [2.45, 2.75) is 12.8 Å². The number of ether oxygens (including phenoxy) is 2. The fourth-order valence-corrected chi connectivity index (χ4v) is 3.84. The van der Waals surface area contributed by atoms with Gasteiger partial charge in [-0.25, -0.2) is 0 Å². The second kappa shape index (κ2) is 10.5. The maximum Gasteiger partial charge on any atom is 0.262 e. The average molecular weight is 463 g/mol. The van der Waals surface area contributed by atoms with E-state index in [1.165, 1.54) is 13.2 Å². The molecule has 172 valence electrons. The number of pyridine rings is 1. The number of nitrogens with one attached hydrogen (secondary N) is 2. The third kappa shape index (κ3) is 5.60. The number of Topliss-reactive ketones (excluding diaryl/α,β-unsaturated/α-hetero) is 1. The zero-order valence-electron chi connectivity index (χ0n) is 18.1. The molecule has 1 saturated heterocycles. The molecule has 4 N–H and O–H groups in total. The lowest BCUT2D eigenvalue weighted by Gasteiger charge is -2.31. The van der Waals surface area contributed by atoms with Crippen molar-refractivity contribution >= 4 is 29.1 Å². The molecule has 1 aliphatic rings. The van der Waals surface area contributed by atoms with E-state index < -0.39 is 11.5 Å². The van der Waals surface area contributed by atoms with Gasteiger partial charge >= 0.3 is 0 Å². The minimum atomic E-state index is -0.577. The summed E-state index contributed by atoms with van der Waals surface area (Å²) in [5.74, 6) is 0.897. The molecule has 0 bridgehead atoms. The Morgan fingerprint density at radius 2 is 1.91 bits per heavy atom. The molecule has 1 fully saturated rings. The molecular formula is C22H27ClN4O5. The number of carbonyl (C=O) groups excluding carboxylic acids is 2. The Morgan fingerprint density at radius 1 is 1.19 bits per heavy atom. The first-order valence-corrected chi connectivity index (χ1v) is 10.6. The van der Waals surface area contributed by atoms with Crippen molar-refractivity contribution in [1.29, 1.82) is 0 Å². The summed E-state index contributed by atoms with van der Waals surface area (Å²) in [5, 5.41) is 2.92. The number of nitrogens with two attached hydrogens (primary N) is 1. The lowest BCUT2D eigenvalue weighted by atomic mass is 9.96. The van der Waals surface area contributed by atoms with Gasteiger partial charge in [0, 0.05) is 12.6 Å². The van der Waals surface area contributed by atoms with Gasteiger partial charge in [0.2, 0.25) is 0 Å². The summed E-state index contributed by atoms with van der Waals surface area (Å²) in [6.07, 6.45) is 1.65. The van der Waals surface area contributed by atoms with Gasteiger partial charge in [-0.3, -0.25) is 19.3 Å². The molecule has 32 heavy (non-hydrogen) atoms. The van der Waals surface area contributed by atoms with E-state index in [2.05, 4.69) is 15.2 Å². The zero-order chi connectivity index (χ0) is 23.3. The molecule has 3 rings (SSSR count). The number of nitrogens with zero attached hydrogens (tertiary/aromatic N) is 1. The predicted molar refractivity (Wildman–Crippen MR) is 122 cm³/mol. The Bertz CT molecular complexity index is 1050. The SMILES string of the molecule is COc1ccc(C(=O)CN2CCC(CNC(=O)c3cc(Cl)c(N)[nH]c3=O)CC2)c(OC)c1. The van der Waals surface area contributed by atoms with Crippen molar-refractivity contribution < 1.29 is 19.1 Å². The number of piperidine rings is 1. The van der Waals surface area contributed by atoms with Gasteiger partial charge in [-0.15, -0.1) is 0 Å². The number of likely N-dealkylation sites (tertiary alicyclic amines) is 1. The average Bonchev–Trinajstić information content (AvgIpc) is 2.80. The Labute approximate surface area is 190 Å². The van der Waals surface area contributed by atoms with E-state index in [0.717, 1.165) is 25.9 Å². The van der Waals surface area contributed by atoms with Crippen LogP contribution in [0, 0.1) is 5.92 Å². The van der Waals surface area contributed by atoms with Crippen LogP contribution in [0.5, 0.6) is 11.5 Å². The van der Waals surface area contributed by atoms with E-state index in [4.69, 9.17) is 26.8 Å². The zero-order valence-corrected chi connectivity index (χ0v) is 18.8. The highest BCUT2D eigenvalue weighted by Crippen LogP contribution is 2.26. The first-order chi connectivity index (χ1) is 15.3. The number of halogens is 1. The minimum absolute atomic E-state index is 0.0179. The topological polar surface area (TPSA) is 127 Å². The van der Waals surface area contributed by atoms with Crippen molar-refractivity contribution in [2.75, 3.05) is 46.1 Å². The first-order valence-electron chi connectivity index (χ1n) is 10.3.